The molecule has 0 radical (unpaired) electrons. The van der Waals surface area contributed by atoms with E-state index in [0.29, 0.717) is 23.2 Å². The van der Waals surface area contributed by atoms with Gasteiger partial charge in [0, 0.05) is 24.1 Å². The molecular weight excluding hydrogens is 300 g/mol. The van der Waals surface area contributed by atoms with E-state index in [1.54, 1.807) is 22.8 Å². The molecule has 0 unspecified atom stereocenters. The number of nitriles is 1. The summed E-state index contributed by atoms with van der Waals surface area (Å²) < 4.78 is 24.6. The Bertz CT molecular complexity index is 949. The minimum atomic E-state index is -3.27. The van der Waals surface area contributed by atoms with Crippen molar-refractivity contribution in [2.24, 2.45) is 0 Å². The summed E-state index contributed by atoms with van der Waals surface area (Å²) in [5.74, 6) is 0. The molecule has 0 fully saturated rings. The van der Waals surface area contributed by atoms with Crippen molar-refractivity contribution in [1.29, 1.82) is 5.26 Å². The molecule has 5 nitrogen and oxygen atoms in total. The van der Waals surface area contributed by atoms with Crippen LogP contribution in [0.1, 0.15) is 17.7 Å². The fourth-order valence-electron chi connectivity index (χ4n) is 2.80. The topological polar surface area (TPSA) is 79.9 Å². The van der Waals surface area contributed by atoms with Crippen LogP contribution in [0.2, 0.25) is 0 Å². The van der Waals surface area contributed by atoms with Crippen molar-refractivity contribution >= 4 is 9.84 Å². The van der Waals surface area contributed by atoms with E-state index in [4.69, 9.17) is 0 Å². The second kappa shape index (κ2) is 5.11. The SMILES string of the molecule is CS(=O)(=O)c1ccc(-c2cc(C#N)c3n(c2=O)CCC3)cc1. The zero-order valence-electron chi connectivity index (χ0n) is 12.0. The molecule has 6 heteroatoms. The van der Waals surface area contributed by atoms with Crippen LogP contribution in [-0.2, 0) is 22.8 Å². The Morgan fingerprint density at radius 1 is 1.23 bits per heavy atom. The van der Waals surface area contributed by atoms with Crippen molar-refractivity contribution in [2.75, 3.05) is 6.26 Å². The molecule has 3 rings (SSSR count). The van der Waals surface area contributed by atoms with Crippen molar-refractivity contribution in [2.45, 2.75) is 24.3 Å². The normalized spacial score (nSPS) is 13.6. The van der Waals surface area contributed by atoms with Crippen LogP contribution in [0.5, 0.6) is 0 Å². The van der Waals surface area contributed by atoms with Crippen molar-refractivity contribution in [3.05, 3.63) is 51.9 Å². The predicted octanol–water partition coefficient (Wildman–Crippen LogP) is 1.74. The van der Waals surface area contributed by atoms with Crippen LogP contribution in [0.4, 0.5) is 0 Å². The molecule has 0 spiro atoms. The van der Waals surface area contributed by atoms with Crippen molar-refractivity contribution in [1.82, 2.24) is 4.57 Å². The molecule has 22 heavy (non-hydrogen) atoms. The number of benzene rings is 1. The van der Waals surface area contributed by atoms with Gasteiger partial charge in [0.1, 0.15) is 6.07 Å². The minimum absolute atomic E-state index is 0.126. The second-order valence-electron chi connectivity index (χ2n) is 5.39. The third kappa shape index (κ3) is 2.34. The van der Waals surface area contributed by atoms with E-state index in [1.807, 2.05) is 0 Å². The fraction of sp³-hybridized carbons (Fsp3) is 0.250. The van der Waals surface area contributed by atoms with Gasteiger partial charge in [-0.15, -0.1) is 0 Å². The molecule has 0 N–H and O–H groups in total. The molecule has 0 bridgehead atoms. The highest BCUT2D eigenvalue weighted by atomic mass is 32.2. The molecule has 2 heterocycles. The number of hydrogen-bond donors (Lipinski definition) is 0. The average Bonchev–Trinajstić information content (AvgIpc) is 2.97. The molecule has 1 aliphatic heterocycles. The highest BCUT2D eigenvalue weighted by Crippen LogP contribution is 2.24. The van der Waals surface area contributed by atoms with Crippen LogP contribution in [0.25, 0.3) is 11.1 Å². The van der Waals surface area contributed by atoms with Gasteiger partial charge in [0.05, 0.1) is 10.5 Å². The van der Waals surface area contributed by atoms with Gasteiger partial charge in [0.2, 0.25) is 0 Å². The van der Waals surface area contributed by atoms with Gasteiger partial charge >= 0.3 is 0 Å². The van der Waals surface area contributed by atoms with E-state index in [-0.39, 0.29) is 10.5 Å². The van der Waals surface area contributed by atoms with E-state index >= 15 is 0 Å². The zero-order valence-corrected chi connectivity index (χ0v) is 12.9. The van der Waals surface area contributed by atoms with Crippen LogP contribution >= 0.6 is 0 Å². The van der Waals surface area contributed by atoms with E-state index in [9.17, 15) is 18.5 Å². The highest BCUT2D eigenvalue weighted by molar-refractivity contribution is 7.90. The lowest BCUT2D eigenvalue weighted by Crippen LogP contribution is -2.22. The van der Waals surface area contributed by atoms with Crippen LogP contribution < -0.4 is 5.56 Å². The summed E-state index contributed by atoms with van der Waals surface area (Å²) in [6.07, 6.45) is 2.74. The average molecular weight is 314 g/mol. The van der Waals surface area contributed by atoms with Crippen LogP contribution in [0, 0.1) is 11.3 Å². The number of rotatable bonds is 2. The zero-order chi connectivity index (χ0) is 15.9. The van der Waals surface area contributed by atoms with E-state index in [0.717, 1.165) is 24.8 Å². The Balaban J connectivity index is 2.18. The largest absolute Gasteiger partial charge is 0.311 e. The lowest BCUT2D eigenvalue weighted by Gasteiger charge is -2.09. The van der Waals surface area contributed by atoms with Gasteiger partial charge in [-0.3, -0.25) is 4.79 Å². The third-order valence-electron chi connectivity index (χ3n) is 3.91. The van der Waals surface area contributed by atoms with Crippen LogP contribution in [-0.4, -0.2) is 19.2 Å². The predicted molar refractivity (Wildman–Crippen MR) is 82.3 cm³/mol. The van der Waals surface area contributed by atoms with Crippen LogP contribution in [0.15, 0.2) is 40.0 Å². The van der Waals surface area contributed by atoms with Crippen molar-refractivity contribution in [3.63, 3.8) is 0 Å². The van der Waals surface area contributed by atoms with Gasteiger partial charge in [-0.25, -0.2) is 8.42 Å². The number of sulfone groups is 1. The summed E-state index contributed by atoms with van der Waals surface area (Å²) in [6.45, 7) is 0.623. The smallest absolute Gasteiger partial charge is 0.258 e. The molecule has 0 amide bonds. The first-order chi connectivity index (χ1) is 10.4. The number of hydrogen-bond acceptors (Lipinski definition) is 4. The highest BCUT2D eigenvalue weighted by Gasteiger charge is 2.20. The number of nitrogens with zero attached hydrogens (tertiary/aromatic N) is 2. The molecule has 0 aliphatic carbocycles. The van der Waals surface area contributed by atoms with Gasteiger partial charge in [0.25, 0.3) is 5.56 Å². The summed E-state index contributed by atoms with van der Waals surface area (Å²) in [6, 6.07) is 9.93. The number of pyridine rings is 1. The Morgan fingerprint density at radius 2 is 1.91 bits per heavy atom. The Labute approximate surface area is 128 Å². The Kier molecular flexibility index (Phi) is 3.38. The molecule has 1 aliphatic rings. The fourth-order valence-corrected chi connectivity index (χ4v) is 3.43. The molecule has 1 aromatic carbocycles. The molecule has 0 saturated heterocycles. The van der Waals surface area contributed by atoms with E-state index in [1.165, 1.54) is 12.1 Å². The molecule has 0 atom stereocenters. The maximum Gasteiger partial charge on any atom is 0.258 e. The molecule has 1 aromatic heterocycles. The second-order valence-corrected chi connectivity index (χ2v) is 7.40. The number of fused-ring (bicyclic) bond motifs is 1. The summed E-state index contributed by atoms with van der Waals surface area (Å²) in [7, 11) is -3.27. The summed E-state index contributed by atoms with van der Waals surface area (Å²) in [5, 5.41) is 9.27. The first-order valence-electron chi connectivity index (χ1n) is 6.89. The van der Waals surface area contributed by atoms with E-state index < -0.39 is 9.84 Å². The summed E-state index contributed by atoms with van der Waals surface area (Å²) in [4.78, 5) is 12.8. The summed E-state index contributed by atoms with van der Waals surface area (Å²) in [5.41, 5.74) is 2.24. The van der Waals surface area contributed by atoms with Gasteiger partial charge in [-0.1, -0.05) is 12.1 Å². The Morgan fingerprint density at radius 3 is 2.50 bits per heavy atom. The molecular formula is C16H14N2O3S. The molecule has 112 valence electrons. The van der Waals surface area contributed by atoms with Gasteiger partial charge < -0.3 is 4.57 Å². The lowest BCUT2D eigenvalue weighted by molar-refractivity contribution is 0.602. The lowest BCUT2D eigenvalue weighted by atomic mass is 10.0. The number of aromatic nitrogens is 1. The maximum absolute atomic E-state index is 12.5. The van der Waals surface area contributed by atoms with E-state index in [2.05, 4.69) is 6.07 Å². The van der Waals surface area contributed by atoms with Gasteiger partial charge in [-0.2, -0.15) is 5.26 Å². The van der Waals surface area contributed by atoms with Gasteiger partial charge in [-0.05, 0) is 36.6 Å². The monoisotopic (exact) mass is 314 g/mol. The van der Waals surface area contributed by atoms with Crippen molar-refractivity contribution < 1.29 is 8.42 Å². The van der Waals surface area contributed by atoms with Gasteiger partial charge in [0.15, 0.2) is 9.84 Å². The standard InChI is InChI=1S/C16H14N2O3S/c1-22(20,21)13-6-4-11(5-7-13)14-9-12(10-17)15-3-2-8-18(15)16(14)19/h4-7,9H,2-3,8H2,1H3. The summed E-state index contributed by atoms with van der Waals surface area (Å²) >= 11 is 0. The minimum Gasteiger partial charge on any atom is -0.311 e. The maximum atomic E-state index is 12.5. The quantitative estimate of drug-likeness (QED) is 0.845. The van der Waals surface area contributed by atoms with Crippen molar-refractivity contribution in [3.8, 4) is 17.2 Å². The first-order valence-corrected chi connectivity index (χ1v) is 8.78. The Hall–Kier alpha value is -2.39. The molecule has 2 aromatic rings. The first kappa shape index (κ1) is 14.5. The third-order valence-corrected chi connectivity index (χ3v) is 5.04. The molecule has 0 saturated carbocycles. The van der Waals surface area contributed by atoms with Crippen LogP contribution in [0.3, 0.4) is 0 Å².